The van der Waals surface area contributed by atoms with Gasteiger partial charge in [0.05, 0.1) is 0 Å². The van der Waals surface area contributed by atoms with E-state index in [9.17, 15) is 0 Å². The number of hydrogen-bond donors (Lipinski definition) is 0. The molecule has 5 heterocycles. The Balaban J connectivity index is 0.953. The first-order chi connectivity index (χ1) is 32.8. The Hall–Kier alpha value is -7.47. The van der Waals surface area contributed by atoms with Gasteiger partial charge in [-0.25, -0.2) is 0 Å². The molecule has 294 valence electrons. The second kappa shape index (κ2) is 13.8. The summed E-state index contributed by atoms with van der Waals surface area (Å²) in [6, 6.07) is 60.1. The van der Waals surface area contributed by atoms with Crippen LogP contribution in [0.1, 0.15) is 6.85 Å². The molecule has 8 heteroatoms. The molecule has 0 bridgehead atoms. The first-order valence-corrected chi connectivity index (χ1v) is 21.4. The van der Waals surface area contributed by atoms with Crippen LogP contribution in [-0.4, -0.2) is 21.1 Å². The number of rotatable bonds is 6. The molecule has 8 aromatic carbocycles. The van der Waals surface area contributed by atoms with E-state index >= 15 is 0 Å². The number of ether oxygens (including phenoxy) is 1. The van der Waals surface area contributed by atoms with Crippen molar-refractivity contribution in [1.29, 1.82) is 0 Å². The summed E-state index contributed by atoms with van der Waals surface area (Å²) in [5.41, 5.74) is 14.4. The summed E-state index contributed by atoms with van der Waals surface area (Å²) in [6.45, 7) is -0.149. The quantitative estimate of drug-likeness (QED) is 0.123. The van der Waals surface area contributed by atoms with E-state index in [4.69, 9.17) is 16.6 Å². The summed E-state index contributed by atoms with van der Waals surface area (Å²) in [5.74, 6) is 1.67. The van der Waals surface area contributed by atoms with Gasteiger partial charge in [0.15, 0.2) is 0 Å². The summed E-state index contributed by atoms with van der Waals surface area (Å²) in [7, 11) is 0. The predicted octanol–water partition coefficient (Wildman–Crippen LogP) is 12.3. The molecule has 0 amide bonds. The summed E-state index contributed by atoms with van der Waals surface area (Å²) < 4.78 is 55.3. The molecule has 0 aliphatic carbocycles. The van der Waals surface area contributed by atoms with Gasteiger partial charge in [-0.1, -0.05) is 30.3 Å². The molecule has 6 nitrogen and oxygen atoms in total. The van der Waals surface area contributed by atoms with Crippen molar-refractivity contribution in [2.24, 2.45) is 0 Å². The Labute approximate surface area is 376 Å². The van der Waals surface area contributed by atoms with Gasteiger partial charge < -0.3 is 0 Å². The van der Waals surface area contributed by atoms with Crippen LogP contribution in [0.4, 0.5) is 22.9 Å². The summed E-state index contributed by atoms with van der Waals surface area (Å²) in [4.78, 5) is 9.97. The van der Waals surface area contributed by atoms with Crippen molar-refractivity contribution in [3.8, 4) is 67.5 Å². The monoisotopic (exact) mass is 977 g/mol. The maximum atomic E-state index is 9.06. The van der Waals surface area contributed by atoms with Crippen molar-refractivity contribution in [2.75, 3.05) is 9.62 Å². The zero-order valence-corrected chi connectivity index (χ0v) is 34.9. The standard InChI is InChI=1S/C54H32BN5O.Pt/c1-3-16-36(17-4-1)40-23-14-24-41(37-18-5-2-6-19-37)53(40)58-35-57(47-28-9-10-29-48(47)58)38-20-13-21-39(34-38)61-51-33-32-45-44-26-15-25-43-42-22-7-8-27-46(42)59-49-30-11-12-31-50(49)60(54(45)56-51)55(59)52(43)44;/h1-30,32-33H;/q-2;/i1D,3D,4D,16D,17D;. The van der Waals surface area contributed by atoms with Crippen LogP contribution in [0, 0.1) is 15.9 Å². The predicted molar refractivity (Wildman–Crippen MR) is 246 cm³/mol. The average molecular weight is 978 g/mol. The molecule has 3 aliphatic rings. The second-order valence-corrected chi connectivity index (χ2v) is 16.3. The molecule has 0 unspecified atom stereocenters. The Bertz CT molecular complexity index is 3790. The van der Waals surface area contributed by atoms with Crippen molar-refractivity contribution < 1.29 is 30.9 Å². The molecule has 0 radical (unpaired) electrons. The van der Waals surface area contributed by atoms with Crippen LogP contribution in [0.15, 0.2) is 194 Å². The molecule has 62 heavy (non-hydrogen) atoms. The number of para-hydroxylation sites is 5. The number of aromatic nitrogens is 3. The van der Waals surface area contributed by atoms with Crippen LogP contribution in [0.5, 0.6) is 11.6 Å². The van der Waals surface area contributed by atoms with E-state index in [1.807, 2.05) is 109 Å². The van der Waals surface area contributed by atoms with E-state index in [2.05, 4.69) is 105 Å². The van der Waals surface area contributed by atoms with Gasteiger partial charge in [-0.2, -0.15) is 12.1 Å². The third kappa shape index (κ3) is 5.15. The molecule has 0 saturated carbocycles. The van der Waals surface area contributed by atoms with Crippen LogP contribution < -0.4 is 19.8 Å². The first kappa shape index (κ1) is 30.5. The van der Waals surface area contributed by atoms with E-state index in [0.29, 0.717) is 28.6 Å². The number of benzene rings is 8. The molecule has 3 aliphatic heterocycles. The van der Waals surface area contributed by atoms with Crippen molar-refractivity contribution >= 4 is 46.4 Å². The summed E-state index contributed by atoms with van der Waals surface area (Å²) in [5, 5.41) is 0. The number of nitrogens with zero attached hydrogens (tertiary/aromatic N) is 5. The van der Waals surface area contributed by atoms with Gasteiger partial charge in [-0.05, 0) is 11.6 Å². The van der Waals surface area contributed by atoms with Crippen molar-refractivity contribution in [3.63, 3.8) is 0 Å². The molecule has 2 aromatic heterocycles. The number of pyridine rings is 1. The first-order valence-electron chi connectivity index (χ1n) is 22.8. The van der Waals surface area contributed by atoms with E-state index < -0.39 is 18.1 Å². The van der Waals surface area contributed by atoms with Gasteiger partial charge in [0, 0.05) is 11.3 Å². The minimum atomic E-state index is -0.437. The zero-order valence-electron chi connectivity index (χ0n) is 37.6. The van der Waals surface area contributed by atoms with Gasteiger partial charge in [0.1, 0.15) is 0 Å². The Morgan fingerprint density at radius 1 is 0.565 bits per heavy atom. The number of fused-ring (bicyclic) bond motifs is 10. The van der Waals surface area contributed by atoms with Crippen LogP contribution in [0.3, 0.4) is 0 Å². The van der Waals surface area contributed by atoms with Crippen molar-refractivity contribution in [2.45, 2.75) is 0 Å². The van der Waals surface area contributed by atoms with Gasteiger partial charge >= 0.3 is 307 Å². The van der Waals surface area contributed by atoms with Crippen LogP contribution in [0.2, 0.25) is 0 Å². The van der Waals surface area contributed by atoms with Crippen LogP contribution in [-0.2, 0) is 19.4 Å². The molecule has 0 saturated heterocycles. The maximum absolute atomic E-state index is 9.06. The number of hydrogen-bond acceptors (Lipinski definition) is 4. The van der Waals surface area contributed by atoms with Crippen molar-refractivity contribution in [3.05, 3.63) is 210 Å². The molecule has 10 aromatic rings. The van der Waals surface area contributed by atoms with Crippen molar-refractivity contribution in [1.82, 2.24) is 14.1 Å². The summed E-state index contributed by atoms with van der Waals surface area (Å²) >= 11 is 2.31. The van der Waals surface area contributed by atoms with Crippen LogP contribution >= 0.6 is 0 Å². The van der Waals surface area contributed by atoms with E-state index in [-0.39, 0.29) is 24.6 Å². The molecule has 0 fully saturated rings. The molecule has 0 N–H and O–H groups in total. The third-order valence-electron chi connectivity index (χ3n) is 12.0. The van der Waals surface area contributed by atoms with E-state index in [1.165, 1.54) is 16.6 Å². The minimum absolute atomic E-state index is 0.124. The van der Waals surface area contributed by atoms with E-state index in [0.717, 1.165) is 60.0 Å². The number of anilines is 4. The van der Waals surface area contributed by atoms with Gasteiger partial charge in [-0.3, -0.25) is 0 Å². The fourth-order valence-electron chi connectivity index (χ4n) is 9.54. The normalized spacial score (nSPS) is 14.0. The third-order valence-corrected chi connectivity index (χ3v) is 13.0. The Morgan fingerprint density at radius 2 is 1.24 bits per heavy atom. The zero-order chi connectivity index (χ0) is 45.2. The number of imidazole rings is 1. The van der Waals surface area contributed by atoms with Gasteiger partial charge in [0.25, 0.3) is 0 Å². The van der Waals surface area contributed by atoms with Crippen LogP contribution in [0.25, 0.3) is 66.9 Å². The molecule has 13 rings (SSSR count). The fraction of sp³-hybridized carbons (Fsp3) is 0. The van der Waals surface area contributed by atoms with E-state index in [1.54, 1.807) is 0 Å². The molecular weight excluding hydrogens is 941 g/mol. The summed E-state index contributed by atoms with van der Waals surface area (Å²) in [6.07, 6.45) is 0. The Morgan fingerprint density at radius 3 is 2.08 bits per heavy atom. The second-order valence-electron chi connectivity index (χ2n) is 15.3. The molecular formula is C54H32BN5OPt-2. The SMILES string of the molecule is [2H]c1c([2H])c([2H])c(-c2cccc(-c3ccccc3)c2-n2[c](=[Pt])n(-c3[c-]c(Oc4ccc5c(n4)N4B6c7c(cccc7-5)-c5ccccc5N6c5ccc[c-]c54)ccc3)c3ccccc32)c([2H])c1[2H]. The molecule has 0 spiro atoms. The topological polar surface area (TPSA) is 38.5 Å². The van der Waals surface area contributed by atoms with Gasteiger partial charge in [-0.15, -0.1) is 6.07 Å². The Kier molecular flexibility index (Phi) is 6.79. The molecule has 0 atom stereocenters. The van der Waals surface area contributed by atoms with Gasteiger partial charge in [0.2, 0.25) is 0 Å². The fourth-order valence-corrected chi connectivity index (χ4v) is 10.6. The average Bonchev–Trinajstić information content (AvgIpc) is 3.87.